The van der Waals surface area contributed by atoms with Gasteiger partial charge in [0.15, 0.2) is 0 Å². The molecule has 2 aromatic carbocycles. The van der Waals surface area contributed by atoms with Crippen LogP contribution in [0, 0.1) is 0 Å². The van der Waals surface area contributed by atoms with Crippen molar-refractivity contribution in [3.8, 4) is 0 Å². The number of halogens is 1. The maximum absolute atomic E-state index is 12.8. The average molecular weight is 421 g/mol. The molecule has 30 heavy (non-hydrogen) atoms. The molecule has 4 rings (SSSR count). The second-order valence-electron chi connectivity index (χ2n) is 7.57. The van der Waals surface area contributed by atoms with Crippen LogP contribution in [-0.2, 0) is 6.54 Å². The lowest BCUT2D eigenvalue weighted by molar-refractivity contribution is 0.102. The number of anilines is 2. The van der Waals surface area contributed by atoms with Gasteiger partial charge in [0.2, 0.25) is 0 Å². The number of nitrogens with one attached hydrogen (secondary N) is 2. The molecule has 3 aromatic rings. The van der Waals surface area contributed by atoms with Crippen molar-refractivity contribution in [1.29, 1.82) is 0 Å². The van der Waals surface area contributed by atoms with E-state index >= 15 is 0 Å². The minimum atomic E-state index is -0.204. The summed E-state index contributed by atoms with van der Waals surface area (Å²) in [6, 6.07) is 21.5. The monoisotopic (exact) mass is 420 g/mol. The number of carbonyl (C=O) groups is 1. The predicted molar refractivity (Wildman–Crippen MR) is 122 cm³/mol. The molecule has 0 radical (unpaired) electrons. The fourth-order valence-electron chi connectivity index (χ4n) is 3.82. The summed E-state index contributed by atoms with van der Waals surface area (Å²) in [5.41, 5.74) is 2.50. The van der Waals surface area contributed by atoms with Crippen LogP contribution in [0.15, 0.2) is 72.9 Å². The van der Waals surface area contributed by atoms with Crippen LogP contribution >= 0.6 is 11.6 Å². The Balaban J connectivity index is 1.42. The highest BCUT2D eigenvalue weighted by molar-refractivity contribution is 6.31. The third kappa shape index (κ3) is 5.38. The number of hydrogen-bond donors (Lipinski definition) is 2. The number of amides is 1. The standard InChI is InChI=1S/C24H25ClN4O/c25-19-9-4-10-20(15-19)28-24(30)22-12-5-13-26-23(22)27-21-11-6-14-29(17-21)16-18-7-2-1-3-8-18/h1-5,7-10,12-13,15,21H,6,11,14,16-17H2,(H,26,27)(H,28,30)/t21-/m1/s1. The van der Waals surface area contributed by atoms with Crippen molar-refractivity contribution in [3.63, 3.8) is 0 Å². The van der Waals surface area contributed by atoms with Crippen LogP contribution in [0.4, 0.5) is 11.5 Å². The number of benzene rings is 2. The zero-order valence-corrected chi connectivity index (χ0v) is 17.5. The lowest BCUT2D eigenvalue weighted by atomic mass is 10.0. The summed E-state index contributed by atoms with van der Waals surface area (Å²) in [6.07, 6.45) is 3.88. The summed E-state index contributed by atoms with van der Waals surface area (Å²) in [7, 11) is 0. The zero-order valence-electron chi connectivity index (χ0n) is 16.7. The van der Waals surface area contributed by atoms with Crippen molar-refractivity contribution in [2.24, 2.45) is 0 Å². The summed E-state index contributed by atoms with van der Waals surface area (Å²) in [5.74, 6) is 0.411. The van der Waals surface area contributed by atoms with Crippen LogP contribution in [0.2, 0.25) is 5.02 Å². The van der Waals surface area contributed by atoms with E-state index < -0.39 is 0 Å². The molecule has 1 aromatic heterocycles. The molecule has 6 heteroatoms. The van der Waals surface area contributed by atoms with Crippen molar-refractivity contribution >= 4 is 29.0 Å². The van der Waals surface area contributed by atoms with Crippen LogP contribution in [0.25, 0.3) is 0 Å². The highest BCUT2D eigenvalue weighted by Crippen LogP contribution is 2.21. The third-order valence-corrected chi connectivity index (χ3v) is 5.47. The molecule has 0 spiro atoms. The van der Waals surface area contributed by atoms with Crippen LogP contribution in [-0.4, -0.2) is 34.9 Å². The molecular formula is C24H25ClN4O. The van der Waals surface area contributed by atoms with E-state index in [0.717, 1.165) is 32.5 Å². The Morgan fingerprint density at radius 2 is 1.97 bits per heavy atom. The van der Waals surface area contributed by atoms with E-state index in [9.17, 15) is 4.79 Å². The average Bonchev–Trinajstić information content (AvgIpc) is 2.75. The largest absolute Gasteiger partial charge is 0.365 e. The van der Waals surface area contributed by atoms with Gasteiger partial charge in [-0.25, -0.2) is 4.98 Å². The Morgan fingerprint density at radius 3 is 2.80 bits per heavy atom. The van der Waals surface area contributed by atoms with Crippen molar-refractivity contribution in [2.75, 3.05) is 23.7 Å². The number of pyridine rings is 1. The van der Waals surface area contributed by atoms with Crippen LogP contribution in [0.1, 0.15) is 28.8 Å². The number of rotatable bonds is 6. The van der Waals surface area contributed by atoms with Crippen LogP contribution in [0.3, 0.4) is 0 Å². The number of nitrogens with zero attached hydrogens (tertiary/aromatic N) is 2. The molecule has 1 aliphatic rings. The molecule has 2 heterocycles. The number of likely N-dealkylation sites (tertiary alicyclic amines) is 1. The fraction of sp³-hybridized carbons (Fsp3) is 0.250. The molecule has 0 unspecified atom stereocenters. The topological polar surface area (TPSA) is 57.3 Å². The first kappa shape index (κ1) is 20.4. The normalized spacial score (nSPS) is 16.8. The van der Waals surface area contributed by atoms with Gasteiger partial charge in [-0.3, -0.25) is 9.69 Å². The van der Waals surface area contributed by atoms with Gasteiger partial charge in [0.05, 0.1) is 5.56 Å². The molecule has 1 amide bonds. The molecular weight excluding hydrogens is 396 g/mol. The Bertz CT molecular complexity index is 995. The Morgan fingerprint density at radius 1 is 1.10 bits per heavy atom. The summed E-state index contributed by atoms with van der Waals surface area (Å²) >= 11 is 6.03. The van der Waals surface area contributed by atoms with Gasteiger partial charge < -0.3 is 10.6 Å². The molecule has 1 aliphatic heterocycles. The highest BCUT2D eigenvalue weighted by Gasteiger charge is 2.22. The van der Waals surface area contributed by atoms with Gasteiger partial charge >= 0.3 is 0 Å². The lowest BCUT2D eigenvalue weighted by Crippen LogP contribution is -2.42. The molecule has 1 saturated heterocycles. The Kier molecular flexibility index (Phi) is 6.62. The molecule has 5 nitrogen and oxygen atoms in total. The quantitative estimate of drug-likeness (QED) is 0.585. The maximum Gasteiger partial charge on any atom is 0.259 e. The van der Waals surface area contributed by atoms with E-state index in [0.29, 0.717) is 22.1 Å². The van der Waals surface area contributed by atoms with Crippen LogP contribution in [0.5, 0.6) is 0 Å². The van der Waals surface area contributed by atoms with Crippen molar-refractivity contribution < 1.29 is 4.79 Å². The van der Waals surface area contributed by atoms with E-state index in [4.69, 9.17) is 11.6 Å². The van der Waals surface area contributed by atoms with E-state index in [-0.39, 0.29) is 11.9 Å². The summed E-state index contributed by atoms with van der Waals surface area (Å²) in [4.78, 5) is 19.7. The van der Waals surface area contributed by atoms with E-state index in [1.807, 2.05) is 18.2 Å². The minimum absolute atomic E-state index is 0.204. The fourth-order valence-corrected chi connectivity index (χ4v) is 4.01. The van der Waals surface area contributed by atoms with Gasteiger partial charge in [-0.05, 0) is 55.3 Å². The molecule has 1 atom stereocenters. The SMILES string of the molecule is O=C(Nc1cccc(Cl)c1)c1cccnc1N[C@@H]1CCCN(Cc2ccccc2)C1. The second kappa shape index (κ2) is 9.74. The first-order chi connectivity index (χ1) is 14.7. The van der Waals surface area contributed by atoms with Gasteiger partial charge in [-0.15, -0.1) is 0 Å². The van der Waals surface area contributed by atoms with E-state index in [2.05, 4.69) is 44.8 Å². The number of aromatic nitrogens is 1. The van der Waals surface area contributed by atoms with Gasteiger partial charge in [0, 0.05) is 36.0 Å². The second-order valence-corrected chi connectivity index (χ2v) is 8.00. The molecule has 1 fully saturated rings. The van der Waals surface area contributed by atoms with Gasteiger partial charge in [-0.2, -0.15) is 0 Å². The van der Waals surface area contributed by atoms with Gasteiger partial charge in [-0.1, -0.05) is 48.0 Å². The summed E-state index contributed by atoms with van der Waals surface area (Å²) in [6.45, 7) is 2.93. The lowest BCUT2D eigenvalue weighted by Gasteiger charge is -2.33. The first-order valence-electron chi connectivity index (χ1n) is 10.2. The van der Waals surface area contributed by atoms with Gasteiger partial charge in [0.1, 0.15) is 5.82 Å². The predicted octanol–water partition coefficient (Wildman–Crippen LogP) is 5.06. The van der Waals surface area contributed by atoms with Crippen molar-refractivity contribution in [3.05, 3.63) is 89.1 Å². The molecule has 2 N–H and O–H groups in total. The summed E-state index contributed by atoms with van der Waals surface area (Å²) < 4.78 is 0. The molecule has 154 valence electrons. The highest BCUT2D eigenvalue weighted by atomic mass is 35.5. The van der Waals surface area contributed by atoms with Crippen molar-refractivity contribution in [2.45, 2.75) is 25.4 Å². The summed E-state index contributed by atoms with van der Waals surface area (Å²) in [5, 5.41) is 6.99. The molecule has 0 saturated carbocycles. The van der Waals surface area contributed by atoms with Crippen molar-refractivity contribution in [1.82, 2.24) is 9.88 Å². The van der Waals surface area contributed by atoms with E-state index in [1.54, 1.807) is 30.5 Å². The minimum Gasteiger partial charge on any atom is -0.365 e. The number of piperidine rings is 1. The Hall–Kier alpha value is -2.89. The Labute approximate surface area is 182 Å². The maximum atomic E-state index is 12.8. The van der Waals surface area contributed by atoms with Gasteiger partial charge in [0.25, 0.3) is 5.91 Å². The first-order valence-corrected chi connectivity index (χ1v) is 10.6. The van der Waals surface area contributed by atoms with E-state index in [1.165, 1.54) is 5.56 Å². The smallest absolute Gasteiger partial charge is 0.259 e. The van der Waals surface area contributed by atoms with Crippen LogP contribution < -0.4 is 10.6 Å². The number of hydrogen-bond acceptors (Lipinski definition) is 4. The zero-order chi connectivity index (χ0) is 20.8. The number of carbonyl (C=O) groups excluding carboxylic acids is 1. The molecule has 0 aliphatic carbocycles. The molecule has 0 bridgehead atoms. The third-order valence-electron chi connectivity index (χ3n) is 5.23.